The fourth-order valence-corrected chi connectivity index (χ4v) is 3.39. The molecule has 3 rings (SSSR count). The zero-order valence-corrected chi connectivity index (χ0v) is 11.0. The Morgan fingerprint density at radius 1 is 1.06 bits per heavy atom. The average Bonchev–Trinajstić information content (AvgIpc) is 2.86. The van der Waals surface area contributed by atoms with Crippen molar-refractivity contribution in [2.24, 2.45) is 0 Å². The molecule has 1 nitrogen and oxygen atoms in total. The van der Waals surface area contributed by atoms with Gasteiger partial charge in [0.05, 0.1) is 15.4 Å². The molecule has 0 unspecified atom stereocenters. The van der Waals surface area contributed by atoms with Crippen LogP contribution in [0, 0.1) is 0 Å². The highest BCUT2D eigenvalue weighted by molar-refractivity contribution is 8.00. The van der Waals surface area contributed by atoms with Crippen LogP contribution in [0.2, 0.25) is 0 Å². The van der Waals surface area contributed by atoms with E-state index in [1.54, 1.807) is 23.1 Å². The number of thioether (sulfide) groups is 1. The van der Waals surface area contributed by atoms with Crippen molar-refractivity contribution < 1.29 is 0 Å². The summed E-state index contributed by atoms with van der Waals surface area (Å²) in [5.41, 5.74) is 4.26. The molecule has 3 aromatic rings. The van der Waals surface area contributed by atoms with Gasteiger partial charge in [0.2, 0.25) is 0 Å². The number of aromatic nitrogens is 1. The molecule has 0 saturated heterocycles. The first-order chi connectivity index (χ1) is 8.40. The van der Waals surface area contributed by atoms with Gasteiger partial charge in [-0.1, -0.05) is 42.5 Å². The van der Waals surface area contributed by atoms with E-state index in [0.717, 1.165) is 5.69 Å². The first kappa shape index (κ1) is 10.8. The second-order valence-corrected chi connectivity index (χ2v) is 5.65. The van der Waals surface area contributed by atoms with E-state index >= 15 is 0 Å². The largest absolute Gasteiger partial charge is 0.243 e. The maximum Gasteiger partial charge on any atom is 0.0954 e. The highest BCUT2D eigenvalue weighted by Gasteiger charge is 2.10. The maximum atomic E-state index is 4.51. The lowest BCUT2D eigenvalue weighted by molar-refractivity contribution is 1.38. The molecule has 0 amide bonds. The average molecular weight is 257 g/mol. The minimum Gasteiger partial charge on any atom is -0.243 e. The Bertz CT molecular complexity index is 653. The van der Waals surface area contributed by atoms with Gasteiger partial charge in [0.15, 0.2) is 0 Å². The molecule has 0 aliphatic rings. The van der Waals surface area contributed by atoms with Crippen LogP contribution in [0.3, 0.4) is 0 Å². The number of hydrogen-bond donors (Lipinski definition) is 0. The molecule has 0 aliphatic heterocycles. The zero-order chi connectivity index (χ0) is 11.7. The van der Waals surface area contributed by atoms with Crippen molar-refractivity contribution in [2.45, 2.75) is 4.21 Å². The van der Waals surface area contributed by atoms with Gasteiger partial charge in [-0.15, -0.1) is 23.1 Å². The molecule has 0 bridgehead atoms. The standard InChI is InChI=1S/C14H11NS2/c1-16-14-13(15-9-17-14)12-8-4-6-10-5-2-3-7-11(10)12/h2-9H,1H3. The SMILES string of the molecule is CSc1scnc1-c1cccc2ccccc12. The minimum absolute atomic E-state index is 1.11. The topological polar surface area (TPSA) is 12.9 Å². The second kappa shape index (κ2) is 4.51. The third kappa shape index (κ3) is 1.85. The van der Waals surface area contributed by atoms with Crippen LogP contribution in [0.25, 0.3) is 22.0 Å². The number of rotatable bonds is 2. The molecule has 0 N–H and O–H groups in total. The fourth-order valence-electron chi connectivity index (χ4n) is 1.99. The van der Waals surface area contributed by atoms with E-state index < -0.39 is 0 Å². The Morgan fingerprint density at radius 3 is 2.76 bits per heavy atom. The summed E-state index contributed by atoms with van der Waals surface area (Å²) in [6.07, 6.45) is 2.10. The summed E-state index contributed by atoms with van der Waals surface area (Å²) in [5.74, 6) is 0. The van der Waals surface area contributed by atoms with Gasteiger partial charge in [-0.05, 0) is 17.0 Å². The quantitative estimate of drug-likeness (QED) is 0.618. The number of thiazole rings is 1. The van der Waals surface area contributed by atoms with Crippen LogP contribution in [0.5, 0.6) is 0 Å². The molecule has 17 heavy (non-hydrogen) atoms. The van der Waals surface area contributed by atoms with E-state index in [-0.39, 0.29) is 0 Å². The van der Waals surface area contributed by atoms with Crippen molar-refractivity contribution in [3.63, 3.8) is 0 Å². The van der Waals surface area contributed by atoms with Crippen LogP contribution >= 0.6 is 23.1 Å². The van der Waals surface area contributed by atoms with Crippen molar-refractivity contribution in [1.29, 1.82) is 0 Å². The maximum absolute atomic E-state index is 4.51. The molecule has 0 saturated carbocycles. The fraction of sp³-hybridized carbons (Fsp3) is 0.0714. The Morgan fingerprint density at radius 2 is 1.88 bits per heavy atom. The van der Waals surface area contributed by atoms with E-state index in [0.29, 0.717) is 0 Å². The van der Waals surface area contributed by atoms with Crippen LogP contribution in [0.15, 0.2) is 52.2 Å². The van der Waals surface area contributed by atoms with Gasteiger partial charge in [0, 0.05) is 5.56 Å². The summed E-state index contributed by atoms with van der Waals surface area (Å²) >= 11 is 3.47. The number of benzene rings is 2. The Kier molecular flexibility index (Phi) is 2.87. The molecular formula is C14H11NS2. The molecule has 3 heteroatoms. The monoisotopic (exact) mass is 257 g/mol. The lowest BCUT2D eigenvalue weighted by Crippen LogP contribution is -1.82. The summed E-state index contributed by atoms with van der Waals surface area (Å²) in [5, 5.41) is 2.54. The van der Waals surface area contributed by atoms with Crippen molar-refractivity contribution >= 4 is 33.9 Å². The summed E-state index contributed by atoms with van der Waals surface area (Å²) in [6.45, 7) is 0. The molecule has 0 atom stereocenters. The van der Waals surface area contributed by atoms with E-state index in [4.69, 9.17) is 0 Å². The van der Waals surface area contributed by atoms with Gasteiger partial charge >= 0.3 is 0 Å². The summed E-state index contributed by atoms with van der Waals surface area (Å²) < 4.78 is 1.28. The highest BCUT2D eigenvalue weighted by atomic mass is 32.2. The first-order valence-electron chi connectivity index (χ1n) is 5.36. The molecule has 0 radical (unpaired) electrons. The molecular weight excluding hydrogens is 246 g/mol. The third-order valence-electron chi connectivity index (χ3n) is 2.77. The highest BCUT2D eigenvalue weighted by Crippen LogP contribution is 2.36. The van der Waals surface area contributed by atoms with Crippen molar-refractivity contribution in [3.8, 4) is 11.3 Å². The predicted octanol–water partition coefficient (Wildman–Crippen LogP) is 4.69. The summed E-state index contributed by atoms with van der Waals surface area (Å²) in [4.78, 5) is 4.51. The lowest BCUT2D eigenvalue weighted by atomic mass is 10.0. The van der Waals surface area contributed by atoms with Crippen molar-refractivity contribution in [2.75, 3.05) is 6.26 Å². The number of hydrogen-bond acceptors (Lipinski definition) is 3. The summed E-state index contributed by atoms with van der Waals surface area (Å²) in [6, 6.07) is 14.8. The predicted molar refractivity (Wildman–Crippen MR) is 76.8 cm³/mol. The van der Waals surface area contributed by atoms with E-state index in [2.05, 4.69) is 53.7 Å². The summed E-state index contributed by atoms with van der Waals surface area (Å²) in [7, 11) is 0. The smallest absolute Gasteiger partial charge is 0.0954 e. The number of fused-ring (bicyclic) bond motifs is 1. The van der Waals surface area contributed by atoms with E-state index in [1.165, 1.54) is 20.5 Å². The van der Waals surface area contributed by atoms with Crippen LogP contribution in [0.4, 0.5) is 0 Å². The molecule has 0 fully saturated rings. The lowest BCUT2D eigenvalue weighted by Gasteiger charge is -2.05. The van der Waals surface area contributed by atoms with Gasteiger partial charge in [-0.2, -0.15) is 0 Å². The zero-order valence-electron chi connectivity index (χ0n) is 9.38. The van der Waals surface area contributed by atoms with E-state index in [9.17, 15) is 0 Å². The normalized spacial score (nSPS) is 10.9. The Hall–Kier alpha value is -1.32. The molecule has 1 aromatic heterocycles. The van der Waals surface area contributed by atoms with Crippen LogP contribution in [-0.2, 0) is 0 Å². The van der Waals surface area contributed by atoms with Gasteiger partial charge in [0.25, 0.3) is 0 Å². The van der Waals surface area contributed by atoms with Crippen LogP contribution in [-0.4, -0.2) is 11.2 Å². The molecule has 0 aliphatic carbocycles. The number of nitrogens with zero attached hydrogens (tertiary/aromatic N) is 1. The second-order valence-electron chi connectivity index (χ2n) is 3.72. The van der Waals surface area contributed by atoms with Gasteiger partial charge in [0.1, 0.15) is 0 Å². The van der Waals surface area contributed by atoms with Gasteiger partial charge in [-0.25, -0.2) is 4.98 Å². The van der Waals surface area contributed by atoms with Crippen molar-refractivity contribution in [3.05, 3.63) is 48.0 Å². The third-order valence-corrected chi connectivity index (χ3v) is 4.74. The first-order valence-corrected chi connectivity index (χ1v) is 7.46. The molecule has 1 heterocycles. The van der Waals surface area contributed by atoms with Gasteiger partial charge < -0.3 is 0 Å². The van der Waals surface area contributed by atoms with Crippen molar-refractivity contribution in [1.82, 2.24) is 4.98 Å². The van der Waals surface area contributed by atoms with E-state index in [1.807, 2.05) is 5.51 Å². The molecule has 2 aromatic carbocycles. The molecule has 0 spiro atoms. The van der Waals surface area contributed by atoms with Gasteiger partial charge in [-0.3, -0.25) is 0 Å². The Balaban J connectivity index is 2.31. The Labute approximate surface area is 109 Å². The van der Waals surface area contributed by atoms with Crippen LogP contribution < -0.4 is 0 Å². The van der Waals surface area contributed by atoms with Crippen LogP contribution in [0.1, 0.15) is 0 Å². The minimum atomic E-state index is 1.11. The molecule has 84 valence electrons.